The van der Waals surface area contributed by atoms with Crippen LogP contribution in [0.1, 0.15) is 47.0 Å². The van der Waals surface area contributed by atoms with Crippen molar-refractivity contribution in [3.63, 3.8) is 0 Å². The molecule has 1 atom stereocenters. The molecule has 1 aromatic carbocycles. The zero-order chi connectivity index (χ0) is 14.8. The molecule has 0 saturated carbocycles. The van der Waals surface area contributed by atoms with Crippen LogP contribution < -0.4 is 10.6 Å². The average Bonchev–Trinajstić information content (AvgIpc) is 2.93. The highest BCUT2D eigenvalue weighted by Crippen LogP contribution is 2.25. The Morgan fingerprint density at radius 2 is 2.33 bits per heavy atom. The highest BCUT2D eigenvalue weighted by Gasteiger charge is 2.20. The van der Waals surface area contributed by atoms with Crippen LogP contribution in [-0.4, -0.2) is 17.4 Å². The predicted molar refractivity (Wildman–Crippen MR) is 80.4 cm³/mol. The zero-order valence-electron chi connectivity index (χ0n) is 12.3. The number of oxazole rings is 1. The normalized spacial score (nSPS) is 15.0. The van der Waals surface area contributed by atoms with E-state index in [9.17, 15) is 4.79 Å². The summed E-state index contributed by atoms with van der Waals surface area (Å²) < 4.78 is 5.46. The summed E-state index contributed by atoms with van der Waals surface area (Å²) in [6, 6.07) is 5.55. The molecule has 0 fully saturated rings. The summed E-state index contributed by atoms with van der Waals surface area (Å²) >= 11 is 0. The van der Waals surface area contributed by atoms with Crippen molar-refractivity contribution in [2.24, 2.45) is 0 Å². The van der Waals surface area contributed by atoms with Gasteiger partial charge in [-0.1, -0.05) is 6.07 Å². The monoisotopic (exact) mass is 285 g/mol. The first-order valence-corrected chi connectivity index (χ1v) is 7.24. The van der Waals surface area contributed by atoms with Gasteiger partial charge in [0.2, 0.25) is 5.89 Å². The van der Waals surface area contributed by atoms with Gasteiger partial charge in [-0.15, -0.1) is 0 Å². The number of fused-ring (bicyclic) bond motifs is 1. The molecule has 5 heteroatoms. The molecule has 2 N–H and O–H groups in total. The Morgan fingerprint density at radius 1 is 1.48 bits per heavy atom. The molecular formula is C16H19N3O2. The molecule has 1 aromatic heterocycles. The largest absolute Gasteiger partial charge is 0.444 e. The van der Waals surface area contributed by atoms with Crippen LogP contribution in [0.3, 0.4) is 0 Å². The number of carbonyl (C=O) groups is 1. The van der Waals surface area contributed by atoms with E-state index >= 15 is 0 Å². The van der Waals surface area contributed by atoms with E-state index in [0.717, 1.165) is 42.0 Å². The number of aryl methyl sites for hydroxylation is 1. The molecule has 0 aliphatic carbocycles. The standard InChI is InChI=1S/C16H19N3O2/c1-10-9-18-16(21-10)11(2)19-15(20)13-5-3-7-14-12(13)6-4-8-17-14/h3,5,7,9,11,17H,4,6,8H2,1-2H3,(H,19,20). The Labute approximate surface area is 123 Å². The number of hydrogen-bond donors (Lipinski definition) is 2. The van der Waals surface area contributed by atoms with E-state index in [0.29, 0.717) is 5.89 Å². The molecule has 0 saturated heterocycles. The van der Waals surface area contributed by atoms with Crippen molar-refractivity contribution in [3.05, 3.63) is 47.2 Å². The van der Waals surface area contributed by atoms with E-state index in [-0.39, 0.29) is 11.9 Å². The molecule has 1 unspecified atom stereocenters. The number of hydrogen-bond acceptors (Lipinski definition) is 4. The minimum absolute atomic E-state index is 0.0843. The van der Waals surface area contributed by atoms with Crippen molar-refractivity contribution in [3.8, 4) is 0 Å². The van der Waals surface area contributed by atoms with Gasteiger partial charge in [-0.2, -0.15) is 0 Å². The summed E-state index contributed by atoms with van der Waals surface area (Å²) in [4.78, 5) is 16.7. The topological polar surface area (TPSA) is 67.2 Å². The van der Waals surface area contributed by atoms with Crippen molar-refractivity contribution >= 4 is 11.6 Å². The van der Waals surface area contributed by atoms with Gasteiger partial charge in [0.15, 0.2) is 0 Å². The first kappa shape index (κ1) is 13.7. The van der Waals surface area contributed by atoms with Gasteiger partial charge in [0.1, 0.15) is 11.8 Å². The minimum Gasteiger partial charge on any atom is -0.444 e. The number of aromatic nitrogens is 1. The lowest BCUT2D eigenvalue weighted by molar-refractivity contribution is 0.0933. The number of benzene rings is 1. The Morgan fingerprint density at radius 3 is 3.10 bits per heavy atom. The summed E-state index contributed by atoms with van der Waals surface area (Å²) in [5.41, 5.74) is 2.89. The Kier molecular flexibility index (Phi) is 3.64. The van der Waals surface area contributed by atoms with Crippen LogP contribution >= 0.6 is 0 Å². The third kappa shape index (κ3) is 2.77. The maximum Gasteiger partial charge on any atom is 0.252 e. The van der Waals surface area contributed by atoms with Crippen LogP contribution in [0.4, 0.5) is 5.69 Å². The molecule has 110 valence electrons. The van der Waals surface area contributed by atoms with E-state index < -0.39 is 0 Å². The fraction of sp³-hybridized carbons (Fsp3) is 0.375. The first-order chi connectivity index (χ1) is 10.1. The second kappa shape index (κ2) is 5.60. The molecule has 2 heterocycles. The summed E-state index contributed by atoms with van der Waals surface area (Å²) in [6.07, 6.45) is 3.64. The quantitative estimate of drug-likeness (QED) is 0.910. The lowest BCUT2D eigenvalue weighted by atomic mass is 9.97. The fourth-order valence-electron chi connectivity index (χ4n) is 2.63. The minimum atomic E-state index is -0.251. The molecule has 0 spiro atoms. The number of anilines is 1. The van der Waals surface area contributed by atoms with Crippen LogP contribution in [0.5, 0.6) is 0 Å². The van der Waals surface area contributed by atoms with Crippen molar-refractivity contribution in [1.29, 1.82) is 0 Å². The maximum atomic E-state index is 12.5. The van der Waals surface area contributed by atoms with E-state index in [1.54, 1.807) is 6.20 Å². The van der Waals surface area contributed by atoms with Gasteiger partial charge < -0.3 is 15.1 Å². The fourth-order valence-corrected chi connectivity index (χ4v) is 2.63. The molecule has 5 nitrogen and oxygen atoms in total. The van der Waals surface area contributed by atoms with Gasteiger partial charge in [0.05, 0.1) is 6.20 Å². The molecule has 0 radical (unpaired) electrons. The van der Waals surface area contributed by atoms with E-state index in [1.165, 1.54) is 0 Å². The molecule has 1 aliphatic rings. The van der Waals surface area contributed by atoms with Crippen LogP contribution in [0.25, 0.3) is 0 Å². The molecule has 3 rings (SSSR count). The highest BCUT2D eigenvalue weighted by molar-refractivity contribution is 5.97. The number of rotatable bonds is 3. The second-order valence-corrected chi connectivity index (χ2v) is 5.37. The zero-order valence-corrected chi connectivity index (χ0v) is 12.3. The van der Waals surface area contributed by atoms with Crippen molar-refractivity contribution in [1.82, 2.24) is 10.3 Å². The molecule has 0 bridgehead atoms. The molecule has 1 amide bonds. The van der Waals surface area contributed by atoms with Crippen molar-refractivity contribution < 1.29 is 9.21 Å². The van der Waals surface area contributed by atoms with Crippen LogP contribution in [0.15, 0.2) is 28.8 Å². The molecular weight excluding hydrogens is 266 g/mol. The number of nitrogens with one attached hydrogen (secondary N) is 2. The Hall–Kier alpha value is -2.30. The molecule has 21 heavy (non-hydrogen) atoms. The van der Waals surface area contributed by atoms with E-state index in [2.05, 4.69) is 15.6 Å². The smallest absolute Gasteiger partial charge is 0.252 e. The van der Waals surface area contributed by atoms with Gasteiger partial charge >= 0.3 is 0 Å². The number of carbonyl (C=O) groups excluding carboxylic acids is 1. The summed E-state index contributed by atoms with van der Waals surface area (Å²) in [5.74, 6) is 1.19. The van der Waals surface area contributed by atoms with E-state index in [4.69, 9.17) is 4.42 Å². The molecule has 1 aliphatic heterocycles. The Bertz CT molecular complexity index is 663. The van der Waals surface area contributed by atoms with Gasteiger partial charge in [0.25, 0.3) is 5.91 Å². The number of amides is 1. The summed E-state index contributed by atoms with van der Waals surface area (Å²) in [7, 11) is 0. The van der Waals surface area contributed by atoms with Gasteiger partial charge in [-0.05, 0) is 44.4 Å². The highest BCUT2D eigenvalue weighted by atomic mass is 16.4. The second-order valence-electron chi connectivity index (χ2n) is 5.37. The molecule has 2 aromatic rings. The lowest BCUT2D eigenvalue weighted by Crippen LogP contribution is -2.28. The Balaban J connectivity index is 1.79. The first-order valence-electron chi connectivity index (χ1n) is 7.24. The summed E-state index contributed by atoms with van der Waals surface area (Å²) in [5, 5.41) is 6.29. The van der Waals surface area contributed by atoms with Gasteiger partial charge in [-0.3, -0.25) is 4.79 Å². The van der Waals surface area contributed by atoms with Crippen LogP contribution in [0, 0.1) is 6.92 Å². The predicted octanol–water partition coefficient (Wildman–Crippen LogP) is 2.83. The van der Waals surface area contributed by atoms with Crippen molar-refractivity contribution in [2.75, 3.05) is 11.9 Å². The van der Waals surface area contributed by atoms with E-state index in [1.807, 2.05) is 32.0 Å². The van der Waals surface area contributed by atoms with Gasteiger partial charge in [-0.25, -0.2) is 4.98 Å². The SMILES string of the molecule is Cc1cnc(C(C)NC(=O)c2cccc3c2CCCN3)o1. The van der Waals surface area contributed by atoms with Crippen LogP contribution in [-0.2, 0) is 6.42 Å². The van der Waals surface area contributed by atoms with Gasteiger partial charge in [0, 0.05) is 17.8 Å². The lowest BCUT2D eigenvalue weighted by Gasteiger charge is -2.21. The summed E-state index contributed by atoms with van der Waals surface area (Å²) in [6.45, 7) is 4.67. The van der Waals surface area contributed by atoms with Crippen molar-refractivity contribution in [2.45, 2.75) is 32.7 Å². The number of nitrogens with zero attached hydrogens (tertiary/aromatic N) is 1. The third-order valence-electron chi connectivity index (χ3n) is 3.70. The maximum absolute atomic E-state index is 12.5. The third-order valence-corrected chi connectivity index (χ3v) is 3.70. The average molecular weight is 285 g/mol. The van der Waals surface area contributed by atoms with Crippen LogP contribution in [0.2, 0.25) is 0 Å².